The van der Waals surface area contributed by atoms with Crippen molar-refractivity contribution in [1.29, 1.82) is 0 Å². The highest BCUT2D eigenvalue weighted by Crippen LogP contribution is 2.41. The van der Waals surface area contributed by atoms with Crippen LogP contribution in [0.25, 0.3) is 11.3 Å². The average Bonchev–Trinajstić information content (AvgIpc) is 2.61. The molecule has 24 heavy (non-hydrogen) atoms. The minimum absolute atomic E-state index is 0.574. The second-order valence-corrected chi connectivity index (χ2v) is 6.04. The maximum Gasteiger partial charge on any atom is 0.157 e. The lowest BCUT2D eigenvalue weighted by Gasteiger charge is -2.37. The number of hydrogen-bond acceptors (Lipinski definition) is 3. The van der Waals surface area contributed by atoms with Gasteiger partial charge in [0.15, 0.2) is 12.0 Å². The smallest absolute Gasteiger partial charge is 0.157 e. The van der Waals surface area contributed by atoms with Crippen LogP contribution in [-0.2, 0) is 9.53 Å². The van der Waals surface area contributed by atoms with Gasteiger partial charge in [-0.05, 0) is 19.1 Å². The number of carbonyl (C=O) groups excluding carboxylic acids is 1. The summed E-state index contributed by atoms with van der Waals surface area (Å²) < 4.78 is 5.97. The Morgan fingerprint density at radius 1 is 1.12 bits per heavy atom. The molecule has 0 saturated carbocycles. The molecule has 0 unspecified atom stereocenters. The predicted octanol–water partition coefficient (Wildman–Crippen LogP) is 4.31. The second kappa shape index (κ2) is 5.53. The van der Waals surface area contributed by atoms with Crippen LogP contribution in [-0.4, -0.2) is 12.8 Å². The van der Waals surface area contributed by atoms with Gasteiger partial charge < -0.3 is 9.64 Å². The molecule has 0 N–H and O–H groups in total. The summed E-state index contributed by atoms with van der Waals surface area (Å²) in [4.78, 5) is 13.7. The number of hydrogen-bond donors (Lipinski definition) is 0. The van der Waals surface area contributed by atoms with Gasteiger partial charge in [-0.1, -0.05) is 54.6 Å². The lowest BCUT2D eigenvalue weighted by atomic mass is 9.95. The van der Waals surface area contributed by atoms with E-state index in [9.17, 15) is 4.79 Å². The van der Waals surface area contributed by atoms with Gasteiger partial charge in [0.25, 0.3) is 0 Å². The van der Waals surface area contributed by atoms with Crippen molar-refractivity contribution in [2.75, 3.05) is 11.4 Å². The molecule has 0 saturated heterocycles. The zero-order valence-corrected chi connectivity index (χ0v) is 13.5. The molecule has 0 aliphatic carbocycles. The molecule has 2 aliphatic rings. The number of allylic oxidation sites excluding steroid dienone is 2. The molecule has 0 aromatic heterocycles. The lowest BCUT2D eigenvalue weighted by molar-refractivity contribution is -0.103. The number of aryl methyl sites for hydroxylation is 1. The number of ether oxygens (including phenoxy) is 1. The van der Waals surface area contributed by atoms with E-state index in [0.29, 0.717) is 17.9 Å². The van der Waals surface area contributed by atoms with Gasteiger partial charge in [0.2, 0.25) is 0 Å². The topological polar surface area (TPSA) is 29.5 Å². The molecular formula is C21H17NO2. The van der Waals surface area contributed by atoms with Gasteiger partial charge in [0.05, 0.1) is 12.2 Å². The first kappa shape index (κ1) is 14.5. The van der Waals surface area contributed by atoms with Crippen LogP contribution in [0.15, 0.2) is 72.6 Å². The molecule has 2 aromatic carbocycles. The van der Waals surface area contributed by atoms with Crippen LogP contribution in [0.2, 0.25) is 0 Å². The monoisotopic (exact) mass is 315 g/mol. The van der Waals surface area contributed by atoms with Crippen molar-refractivity contribution in [2.45, 2.75) is 6.92 Å². The van der Waals surface area contributed by atoms with Crippen LogP contribution >= 0.6 is 0 Å². The molecule has 3 heteroatoms. The van der Waals surface area contributed by atoms with E-state index in [-0.39, 0.29) is 0 Å². The Morgan fingerprint density at radius 2 is 1.88 bits per heavy atom. The van der Waals surface area contributed by atoms with Gasteiger partial charge in [0.1, 0.15) is 5.76 Å². The summed E-state index contributed by atoms with van der Waals surface area (Å²) in [6, 6.07) is 16.1. The normalized spacial score (nSPS) is 16.1. The molecule has 118 valence electrons. The van der Waals surface area contributed by atoms with Gasteiger partial charge >= 0.3 is 0 Å². The Balaban J connectivity index is 1.96. The molecule has 0 atom stereocenters. The third kappa shape index (κ3) is 2.26. The van der Waals surface area contributed by atoms with Crippen molar-refractivity contribution in [3.05, 3.63) is 89.3 Å². The number of carbonyl (C=O) groups is 1. The van der Waals surface area contributed by atoms with E-state index in [1.807, 2.05) is 42.5 Å². The largest absolute Gasteiger partial charge is 0.458 e. The van der Waals surface area contributed by atoms with E-state index in [4.69, 9.17) is 4.74 Å². The summed E-state index contributed by atoms with van der Waals surface area (Å²) in [7, 11) is 0. The summed E-state index contributed by atoms with van der Waals surface area (Å²) >= 11 is 0. The third-order valence-corrected chi connectivity index (χ3v) is 4.34. The minimum atomic E-state index is 0.574. The van der Waals surface area contributed by atoms with Gasteiger partial charge in [-0.25, -0.2) is 0 Å². The molecule has 0 radical (unpaired) electrons. The Labute approximate surface area is 141 Å². The zero-order chi connectivity index (χ0) is 16.7. The molecule has 0 spiro atoms. The van der Waals surface area contributed by atoms with Crippen molar-refractivity contribution >= 4 is 23.3 Å². The second-order valence-electron chi connectivity index (χ2n) is 6.04. The van der Waals surface area contributed by atoms with E-state index in [1.54, 1.807) is 0 Å². The molecule has 2 aliphatic heterocycles. The number of fused-ring (bicyclic) bond motifs is 3. The quantitative estimate of drug-likeness (QED) is 0.773. The minimum Gasteiger partial charge on any atom is -0.458 e. The Bertz CT molecular complexity index is 904. The number of aldehydes is 1. The summed E-state index contributed by atoms with van der Waals surface area (Å²) in [5, 5.41) is 0. The van der Waals surface area contributed by atoms with E-state index in [2.05, 4.69) is 30.5 Å². The first-order chi connectivity index (χ1) is 11.7. The van der Waals surface area contributed by atoms with Gasteiger partial charge in [-0.3, -0.25) is 4.79 Å². The average molecular weight is 315 g/mol. The van der Waals surface area contributed by atoms with Gasteiger partial charge in [0, 0.05) is 22.4 Å². The lowest BCUT2D eigenvalue weighted by Crippen LogP contribution is -2.32. The molecule has 0 fully saturated rings. The van der Waals surface area contributed by atoms with Crippen LogP contribution in [0, 0.1) is 6.92 Å². The molecule has 4 rings (SSSR count). The van der Waals surface area contributed by atoms with Crippen LogP contribution in [0.5, 0.6) is 0 Å². The molecule has 2 aromatic rings. The Morgan fingerprint density at radius 3 is 2.62 bits per heavy atom. The van der Waals surface area contributed by atoms with Crippen molar-refractivity contribution < 1.29 is 9.53 Å². The highest BCUT2D eigenvalue weighted by Gasteiger charge is 2.30. The maximum atomic E-state index is 11.6. The SMILES string of the molecule is C=C1CN2C(=C(c3ccc(C)cc3)O1)C=C(C=O)c1ccccc12. The first-order valence-electron chi connectivity index (χ1n) is 7.88. The van der Waals surface area contributed by atoms with Crippen molar-refractivity contribution in [3.63, 3.8) is 0 Å². The highest BCUT2D eigenvalue weighted by atomic mass is 16.5. The fourth-order valence-electron chi connectivity index (χ4n) is 3.16. The molecular weight excluding hydrogens is 298 g/mol. The van der Waals surface area contributed by atoms with Crippen LogP contribution in [0.3, 0.4) is 0 Å². The highest BCUT2D eigenvalue weighted by molar-refractivity contribution is 6.12. The molecule has 2 heterocycles. The van der Waals surface area contributed by atoms with Gasteiger partial charge in [-0.2, -0.15) is 0 Å². The molecule has 3 nitrogen and oxygen atoms in total. The first-order valence-corrected chi connectivity index (χ1v) is 7.88. The van der Waals surface area contributed by atoms with Gasteiger partial charge in [-0.15, -0.1) is 0 Å². The van der Waals surface area contributed by atoms with E-state index < -0.39 is 0 Å². The van der Waals surface area contributed by atoms with E-state index >= 15 is 0 Å². The number of rotatable bonds is 2. The van der Waals surface area contributed by atoms with E-state index in [0.717, 1.165) is 34.6 Å². The summed E-state index contributed by atoms with van der Waals surface area (Å²) in [5.74, 6) is 1.42. The molecule has 0 bridgehead atoms. The van der Waals surface area contributed by atoms with Crippen LogP contribution in [0.4, 0.5) is 5.69 Å². The van der Waals surface area contributed by atoms with Crippen LogP contribution < -0.4 is 4.90 Å². The number of anilines is 1. The van der Waals surface area contributed by atoms with Crippen molar-refractivity contribution in [1.82, 2.24) is 0 Å². The fraction of sp³-hybridized carbons (Fsp3) is 0.0952. The Hall–Kier alpha value is -3.07. The standard InChI is InChI=1S/C21H17NO2/c1-14-7-9-16(10-8-14)21-20-11-17(13-23)18-5-3-4-6-19(18)22(20)12-15(2)24-21/h3-11,13H,2,12H2,1H3. The van der Waals surface area contributed by atoms with Crippen molar-refractivity contribution in [2.24, 2.45) is 0 Å². The summed E-state index contributed by atoms with van der Waals surface area (Å²) in [6.45, 7) is 6.65. The predicted molar refractivity (Wildman–Crippen MR) is 96.2 cm³/mol. The molecule has 0 amide bonds. The van der Waals surface area contributed by atoms with E-state index in [1.165, 1.54) is 5.56 Å². The van der Waals surface area contributed by atoms with Crippen LogP contribution in [0.1, 0.15) is 16.7 Å². The zero-order valence-electron chi connectivity index (χ0n) is 13.5. The summed E-state index contributed by atoms with van der Waals surface area (Å²) in [5.41, 5.74) is 5.67. The number of para-hydroxylation sites is 1. The maximum absolute atomic E-state index is 11.6. The summed E-state index contributed by atoms with van der Waals surface area (Å²) in [6.07, 6.45) is 2.80. The van der Waals surface area contributed by atoms with Crippen molar-refractivity contribution in [3.8, 4) is 0 Å². The Kier molecular flexibility index (Phi) is 3.35. The number of benzene rings is 2. The number of nitrogens with zero attached hydrogens (tertiary/aromatic N) is 1. The third-order valence-electron chi connectivity index (χ3n) is 4.34. The fourth-order valence-corrected chi connectivity index (χ4v) is 3.16.